The van der Waals surface area contributed by atoms with Crippen molar-refractivity contribution in [3.05, 3.63) is 69.6 Å². The molecule has 0 aliphatic carbocycles. The molecular weight excluding hydrogens is 544 g/mol. The van der Waals surface area contributed by atoms with E-state index in [1.807, 2.05) is 0 Å². The Morgan fingerprint density at radius 2 is 1.82 bits per heavy atom. The van der Waals surface area contributed by atoms with Gasteiger partial charge in [0.2, 0.25) is 5.91 Å². The minimum Gasteiger partial charge on any atom is -0.480 e. The number of benzene rings is 1. The van der Waals surface area contributed by atoms with Gasteiger partial charge in [-0.05, 0) is 56.5 Å². The highest BCUT2D eigenvalue weighted by atomic mass is 35.5. The van der Waals surface area contributed by atoms with Crippen LogP contribution in [0.15, 0.2) is 53.5 Å². The molecule has 14 heteroatoms. The van der Waals surface area contributed by atoms with Gasteiger partial charge in [-0.3, -0.25) is 34.2 Å². The zero-order valence-corrected chi connectivity index (χ0v) is 22.4. The van der Waals surface area contributed by atoms with Crippen LogP contribution in [0.1, 0.15) is 42.6 Å². The lowest BCUT2D eigenvalue weighted by Gasteiger charge is -2.25. The summed E-state index contributed by atoms with van der Waals surface area (Å²) in [6.45, 7) is 1.58. The van der Waals surface area contributed by atoms with E-state index in [1.54, 1.807) is 4.90 Å². The molecule has 3 rings (SSSR count). The second kappa shape index (κ2) is 13.4. The fourth-order valence-electron chi connectivity index (χ4n) is 3.89. The number of pyridine rings is 1. The Bertz CT molecular complexity index is 1400. The molecular formula is C26H29ClN6O7. The van der Waals surface area contributed by atoms with Crippen LogP contribution in [0, 0.1) is 0 Å². The zero-order valence-electron chi connectivity index (χ0n) is 21.6. The summed E-state index contributed by atoms with van der Waals surface area (Å²) in [7, 11) is 0. The van der Waals surface area contributed by atoms with Crippen LogP contribution in [0.3, 0.4) is 0 Å². The van der Waals surface area contributed by atoms with Crippen LogP contribution < -0.4 is 22.0 Å². The number of anilines is 2. The Morgan fingerprint density at radius 3 is 2.48 bits per heavy atom. The van der Waals surface area contributed by atoms with Gasteiger partial charge in [0.25, 0.3) is 23.3 Å². The predicted octanol–water partition coefficient (Wildman–Crippen LogP) is 1.41. The molecule has 5 N–H and O–H groups in total. The minimum absolute atomic E-state index is 0.141. The van der Waals surface area contributed by atoms with Crippen LogP contribution in [0.4, 0.5) is 11.4 Å². The summed E-state index contributed by atoms with van der Waals surface area (Å²) in [6.07, 6.45) is 5.93. The number of aromatic nitrogens is 1. The summed E-state index contributed by atoms with van der Waals surface area (Å²) in [5, 5.41) is 12.4. The Hall–Kier alpha value is -4.65. The molecule has 1 aliphatic heterocycles. The van der Waals surface area contributed by atoms with Crippen molar-refractivity contribution in [3.63, 3.8) is 0 Å². The number of nitrogen functional groups attached to an aromatic ring is 1. The summed E-state index contributed by atoms with van der Waals surface area (Å²) in [4.78, 5) is 76.4. The fourth-order valence-corrected chi connectivity index (χ4v) is 4.07. The van der Waals surface area contributed by atoms with E-state index < -0.39 is 47.7 Å². The van der Waals surface area contributed by atoms with Crippen molar-refractivity contribution >= 4 is 52.6 Å². The average molecular weight is 573 g/mol. The quantitative estimate of drug-likeness (QED) is 0.208. The predicted molar refractivity (Wildman–Crippen MR) is 146 cm³/mol. The fraction of sp³-hybridized carbons (Fsp3) is 0.308. The van der Waals surface area contributed by atoms with Crippen molar-refractivity contribution in [3.8, 4) is 0 Å². The molecule has 13 nitrogen and oxygen atoms in total. The van der Waals surface area contributed by atoms with Gasteiger partial charge in [-0.25, -0.2) is 5.01 Å². The Labute approximate surface area is 234 Å². The van der Waals surface area contributed by atoms with E-state index in [2.05, 4.69) is 10.7 Å². The number of piperidine rings is 1. The van der Waals surface area contributed by atoms with E-state index in [1.165, 1.54) is 43.5 Å². The number of nitrogens with one attached hydrogen (secondary N) is 2. The van der Waals surface area contributed by atoms with E-state index in [9.17, 15) is 33.9 Å². The third-order valence-corrected chi connectivity index (χ3v) is 6.45. The number of rotatable bonds is 8. The Morgan fingerprint density at radius 1 is 1.12 bits per heavy atom. The number of hydrogen-bond acceptors (Lipinski definition) is 7. The number of nitrogens with two attached hydrogens (primary N) is 1. The topological polar surface area (TPSA) is 184 Å². The lowest BCUT2D eigenvalue weighted by molar-refractivity contribution is -0.148. The molecule has 1 aliphatic rings. The van der Waals surface area contributed by atoms with Crippen LogP contribution in [0.25, 0.3) is 0 Å². The number of halogens is 1. The van der Waals surface area contributed by atoms with E-state index in [0.717, 1.165) is 36.0 Å². The maximum atomic E-state index is 13.0. The van der Waals surface area contributed by atoms with E-state index >= 15 is 0 Å². The summed E-state index contributed by atoms with van der Waals surface area (Å²) in [5.41, 5.74) is 7.39. The van der Waals surface area contributed by atoms with Gasteiger partial charge < -0.3 is 25.6 Å². The lowest BCUT2D eigenvalue weighted by atomic mass is 10.1. The van der Waals surface area contributed by atoms with E-state index in [0.29, 0.717) is 18.1 Å². The molecule has 1 saturated heterocycles. The van der Waals surface area contributed by atoms with Crippen molar-refractivity contribution in [2.45, 2.75) is 32.2 Å². The highest BCUT2D eigenvalue weighted by Crippen LogP contribution is 2.20. The Kier molecular flexibility index (Phi) is 10.0. The van der Waals surface area contributed by atoms with Gasteiger partial charge in [0.05, 0.1) is 10.7 Å². The van der Waals surface area contributed by atoms with Crippen molar-refractivity contribution < 1.29 is 29.1 Å². The van der Waals surface area contributed by atoms with Crippen LogP contribution in [-0.2, 0) is 19.2 Å². The molecule has 4 amide bonds. The van der Waals surface area contributed by atoms with Gasteiger partial charge in [0.1, 0.15) is 18.3 Å². The second-order valence-electron chi connectivity index (χ2n) is 9.01. The van der Waals surface area contributed by atoms with Gasteiger partial charge >= 0.3 is 5.97 Å². The number of hydrogen-bond donors (Lipinski definition) is 4. The van der Waals surface area contributed by atoms with Gasteiger partial charge in [-0.15, -0.1) is 0 Å². The molecule has 0 saturated carbocycles. The number of likely N-dealkylation sites (tertiary alicyclic amines) is 1. The van der Waals surface area contributed by atoms with Crippen molar-refractivity contribution in [1.82, 2.24) is 19.9 Å². The first-order valence-corrected chi connectivity index (χ1v) is 12.7. The maximum absolute atomic E-state index is 13.0. The van der Waals surface area contributed by atoms with Crippen molar-refractivity contribution in [1.29, 1.82) is 0 Å². The molecule has 0 spiro atoms. The third kappa shape index (κ3) is 7.69. The molecule has 212 valence electrons. The average Bonchev–Trinajstić information content (AvgIpc) is 2.93. The molecule has 0 radical (unpaired) electrons. The number of carbonyl (C=O) groups is 5. The first kappa shape index (κ1) is 29.9. The molecule has 1 atom stereocenters. The normalized spacial score (nSPS) is 13.9. The Balaban J connectivity index is 1.72. The molecule has 2 aromatic rings. The van der Waals surface area contributed by atoms with Gasteiger partial charge in [-0.2, -0.15) is 0 Å². The minimum atomic E-state index is -1.42. The number of aliphatic carboxylic acids is 1. The maximum Gasteiger partial charge on any atom is 0.325 e. The third-order valence-electron chi connectivity index (χ3n) is 6.12. The van der Waals surface area contributed by atoms with E-state index in [4.69, 9.17) is 17.3 Å². The lowest BCUT2D eigenvalue weighted by Crippen LogP contribution is -2.50. The van der Waals surface area contributed by atoms with Crippen LogP contribution in [-0.4, -0.2) is 68.8 Å². The smallest absolute Gasteiger partial charge is 0.325 e. The first-order chi connectivity index (χ1) is 19.0. The molecule has 40 heavy (non-hydrogen) atoms. The van der Waals surface area contributed by atoms with Crippen LogP contribution in [0.2, 0.25) is 5.02 Å². The van der Waals surface area contributed by atoms with Gasteiger partial charge in [-0.1, -0.05) is 11.6 Å². The number of amides is 4. The van der Waals surface area contributed by atoms with Crippen LogP contribution >= 0.6 is 11.6 Å². The highest BCUT2D eigenvalue weighted by Gasteiger charge is 2.24. The highest BCUT2D eigenvalue weighted by molar-refractivity contribution is 6.33. The summed E-state index contributed by atoms with van der Waals surface area (Å²) in [6, 6.07) is 5.74. The standard InChI is InChI=1S/C26H29ClN6O7/c1-16(32-13-5-6-20(26(32)40)29-25(39)17-7-8-19(28)18(27)14-17)24(38)30-33(15-23(36)37)22(35)10-9-21(34)31-11-3-2-4-12-31/h5-10,13-14,16H,2-4,11-12,15,28H2,1H3,(H,29,39)(H,30,38)(H,36,37). The number of carboxylic acids is 1. The molecule has 1 aromatic carbocycles. The van der Waals surface area contributed by atoms with Crippen molar-refractivity contribution in [2.75, 3.05) is 30.7 Å². The van der Waals surface area contributed by atoms with Crippen LogP contribution in [0.5, 0.6) is 0 Å². The van der Waals surface area contributed by atoms with Gasteiger partial charge in [0.15, 0.2) is 0 Å². The number of carbonyl (C=O) groups excluding carboxylic acids is 4. The van der Waals surface area contributed by atoms with Crippen molar-refractivity contribution in [2.24, 2.45) is 0 Å². The number of hydrazine groups is 1. The summed E-state index contributed by atoms with van der Waals surface area (Å²) in [5.74, 6) is -4.28. The SMILES string of the molecule is CC(C(=O)NN(CC(=O)O)C(=O)C=CC(=O)N1CCCCC1)n1cccc(NC(=O)c2ccc(N)c(Cl)c2)c1=O. The first-order valence-electron chi connectivity index (χ1n) is 12.4. The van der Waals surface area contributed by atoms with E-state index in [-0.39, 0.29) is 22.0 Å². The van der Waals surface area contributed by atoms with Gasteiger partial charge in [0, 0.05) is 37.0 Å². The largest absolute Gasteiger partial charge is 0.480 e. The zero-order chi connectivity index (χ0) is 29.4. The monoisotopic (exact) mass is 572 g/mol. The molecule has 1 unspecified atom stereocenters. The molecule has 1 aromatic heterocycles. The molecule has 1 fully saturated rings. The molecule has 2 heterocycles. The summed E-state index contributed by atoms with van der Waals surface area (Å²) < 4.78 is 1.00. The number of nitrogens with zero attached hydrogens (tertiary/aromatic N) is 3. The molecule has 0 bridgehead atoms. The second-order valence-corrected chi connectivity index (χ2v) is 9.42. The summed E-state index contributed by atoms with van der Waals surface area (Å²) >= 11 is 5.96. The number of carboxylic acid groups (broad SMARTS) is 1.